The van der Waals surface area contributed by atoms with Crippen LogP contribution >= 0.6 is 0 Å². The molecule has 5 nitrogen and oxygen atoms in total. The number of nitrogens with two attached hydrogens (primary N) is 1. The molecule has 1 saturated heterocycles. The van der Waals surface area contributed by atoms with Crippen LogP contribution in [-0.4, -0.2) is 36.3 Å². The Morgan fingerprint density at radius 1 is 1.45 bits per heavy atom. The molecule has 1 unspecified atom stereocenters. The van der Waals surface area contributed by atoms with Crippen LogP contribution in [0.2, 0.25) is 0 Å². The van der Waals surface area contributed by atoms with Gasteiger partial charge in [0.15, 0.2) is 0 Å². The first-order valence-corrected chi connectivity index (χ1v) is 7.09. The van der Waals surface area contributed by atoms with Crippen molar-refractivity contribution in [3.05, 3.63) is 29.3 Å². The number of nitrogens with zero attached hydrogens (tertiary/aromatic N) is 1. The number of piperidine rings is 1. The number of amides is 2. The predicted octanol–water partition coefficient (Wildman–Crippen LogP) is 0.992. The van der Waals surface area contributed by atoms with E-state index < -0.39 is 0 Å². The van der Waals surface area contributed by atoms with Crippen LogP contribution in [-0.2, 0) is 11.2 Å². The Hall–Kier alpha value is -1.88. The standard InChI is InChI=1S/C15H19N3O2/c16-8-10-2-1-5-18(9-10)15(20)12-4-3-11-7-14(19)17-13(11)6-12/h3-4,6,10H,1-2,5,7-9,16H2,(H,17,19). The van der Waals surface area contributed by atoms with Gasteiger partial charge in [-0.2, -0.15) is 0 Å². The molecule has 3 N–H and O–H groups in total. The van der Waals surface area contributed by atoms with Crippen LogP contribution < -0.4 is 11.1 Å². The molecule has 0 saturated carbocycles. The maximum Gasteiger partial charge on any atom is 0.253 e. The highest BCUT2D eigenvalue weighted by atomic mass is 16.2. The zero-order valence-electron chi connectivity index (χ0n) is 11.4. The average Bonchev–Trinajstić information content (AvgIpc) is 2.85. The van der Waals surface area contributed by atoms with E-state index in [9.17, 15) is 9.59 Å². The number of nitrogens with one attached hydrogen (secondary N) is 1. The van der Waals surface area contributed by atoms with Crippen molar-refractivity contribution in [2.24, 2.45) is 11.7 Å². The normalized spacial score (nSPS) is 21.6. The molecule has 1 aromatic rings. The second kappa shape index (κ2) is 5.25. The fourth-order valence-electron chi connectivity index (χ4n) is 2.97. The molecule has 106 valence electrons. The van der Waals surface area contributed by atoms with Crippen LogP contribution in [0.25, 0.3) is 0 Å². The fraction of sp³-hybridized carbons (Fsp3) is 0.467. The average molecular weight is 273 g/mol. The van der Waals surface area contributed by atoms with Gasteiger partial charge in [0, 0.05) is 24.3 Å². The lowest BCUT2D eigenvalue weighted by Gasteiger charge is -2.32. The Kier molecular flexibility index (Phi) is 3.44. The van der Waals surface area contributed by atoms with Gasteiger partial charge in [0.1, 0.15) is 0 Å². The summed E-state index contributed by atoms with van der Waals surface area (Å²) in [5, 5.41) is 2.79. The maximum absolute atomic E-state index is 12.5. The first kappa shape index (κ1) is 13.1. The number of rotatable bonds is 2. The van der Waals surface area contributed by atoms with E-state index in [0.717, 1.165) is 37.2 Å². The Bertz CT molecular complexity index is 556. The van der Waals surface area contributed by atoms with Gasteiger partial charge in [0.25, 0.3) is 5.91 Å². The molecule has 0 aliphatic carbocycles. The molecular weight excluding hydrogens is 254 g/mol. The van der Waals surface area contributed by atoms with Crippen LogP contribution in [0, 0.1) is 5.92 Å². The first-order valence-electron chi connectivity index (χ1n) is 7.09. The number of anilines is 1. The number of carbonyl (C=O) groups is 2. The summed E-state index contributed by atoms with van der Waals surface area (Å²) in [6.45, 7) is 2.15. The SMILES string of the molecule is NCC1CCCN(C(=O)c2ccc3c(c2)NC(=O)C3)C1. The number of fused-ring (bicyclic) bond motifs is 1. The van der Waals surface area contributed by atoms with E-state index in [1.165, 1.54) is 0 Å². The molecule has 2 aliphatic heterocycles. The van der Waals surface area contributed by atoms with Gasteiger partial charge in [-0.25, -0.2) is 0 Å². The first-order chi connectivity index (χ1) is 9.67. The quantitative estimate of drug-likeness (QED) is 0.844. The van der Waals surface area contributed by atoms with Crippen molar-refractivity contribution >= 4 is 17.5 Å². The van der Waals surface area contributed by atoms with Crippen molar-refractivity contribution < 1.29 is 9.59 Å². The molecule has 0 radical (unpaired) electrons. The minimum absolute atomic E-state index is 0.00855. The van der Waals surface area contributed by atoms with Crippen LogP contribution in [0.5, 0.6) is 0 Å². The largest absolute Gasteiger partial charge is 0.338 e. The molecule has 2 aliphatic rings. The molecule has 0 aromatic heterocycles. The molecular formula is C15H19N3O2. The number of likely N-dealkylation sites (tertiary alicyclic amines) is 1. The summed E-state index contributed by atoms with van der Waals surface area (Å²) < 4.78 is 0. The molecule has 1 aromatic carbocycles. The van der Waals surface area contributed by atoms with Gasteiger partial charge in [-0.1, -0.05) is 6.07 Å². The summed E-state index contributed by atoms with van der Waals surface area (Å²) in [4.78, 5) is 25.7. The third kappa shape index (κ3) is 2.41. The lowest BCUT2D eigenvalue weighted by molar-refractivity contribution is -0.115. The van der Waals surface area contributed by atoms with Crippen molar-refractivity contribution in [1.82, 2.24) is 4.90 Å². The minimum atomic E-state index is -0.00855. The van der Waals surface area contributed by atoms with Crippen LogP contribution in [0.3, 0.4) is 0 Å². The number of hydrogen-bond acceptors (Lipinski definition) is 3. The second-order valence-electron chi connectivity index (χ2n) is 5.59. The zero-order chi connectivity index (χ0) is 14.1. The molecule has 2 amide bonds. The van der Waals surface area contributed by atoms with E-state index in [0.29, 0.717) is 24.4 Å². The summed E-state index contributed by atoms with van der Waals surface area (Å²) in [7, 11) is 0. The molecule has 2 heterocycles. The molecule has 20 heavy (non-hydrogen) atoms. The fourth-order valence-corrected chi connectivity index (χ4v) is 2.97. The Balaban J connectivity index is 1.77. The topological polar surface area (TPSA) is 75.4 Å². The van der Waals surface area contributed by atoms with Gasteiger partial charge in [0.2, 0.25) is 5.91 Å². The minimum Gasteiger partial charge on any atom is -0.338 e. The summed E-state index contributed by atoms with van der Waals surface area (Å²) in [5.74, 6) is 0.430. The van der Waals surface area contributed by atoms with Crippen LogP contribution in [0.1, 0.15) is 28.8 Å². The van der Waals surface area contributed by atoms with Gasteiger partial charge in [-0.05, 0) is 43.0 Å². The number of carbonyl (C=O) groups excluding carboxylic acids is 2. The van der Waals surface area contributed by atoms with Gasteiger partial charge in [0.05, 0.1) is 6.42 Å². The van der Waals surface area contributed by atoms with Crippen molar-refractivity contribution in [1.29, 1.82) is 0 Å². The Morgan fingerprint density at radius 2 is 2.30 bits per heavy atom. The van der Waals surface area contributed by atoms with Gasteiger partial charge in [-0.15, -0.1) is 0 Å². The maximum atomic E-state index is 12.5. The third-order valence-corrected chi connectivity index (χ3v) is 4.12. The van der Waals surface area contributed by atoms with Gasteiger partial charge < -0.3 is 16.0 Å². The highest BCUT2D eigenvalue weighted by Crippen LogP contribution is 2.25. The molecule has 3 rings (SSSR count). The zero-order valence-corrected chi connectivity index (χ0v) is 11.4. The highest BCUT2D eigenvalue weighted by molar-refractivity contribution is 6.02. The van der Waals surface area contributed by atoms with Crippen LogP contribution in [0.4, 0.5) is 5.69 Å². The predicted molar refractivity (Wildman–Crippen MR) is 76.5 cm³/mol. The van der Waals surface area contributed by atoms with Crippen LogP contribution in [0.15, 0.2) is 18.2 Å². The van der Waals surface area contributed by atoms with Crippen molar-refractivity contribution in [3.8, 4) is 0 Å². The number of hydrogen-bond donors (Lipinski definition) is 2. The number of benzene rings is 1. The lowest BCUT2D eigenvalue weighted by atomic mass is 9.97. The van der Waals surface area contributed by atoms with E-state index in [1.807, 2.05) is 17.0 Å². The molecule has 1 atom stereocenters. The second-order valence-corrected chi connectivity index (χ2v) is 5.59. The third-order valence-electron chi connectivity index (χ3n) is 4.12. The molecule has 1 fully saturated rings. The monoisotopic (exact) mass is 273 g/mol. The van der Waals surface area contributed by atoms with Crippen molar-refractivity contribution in [2.75, 3.05) is 25.0 Å². The Morgan fingerprint density at radius 3 is 3.10 bits per heavy atom. The summed E-state index contributed by atoms with van der Waals surface area (Å²) in [5.41, 5.74) is 8.08. The summed E-state index contributed by atoms with van der Waals surface area (Å²) in [6.07, 6.45) is 2.51. The summed E-state index contributed by atoms with van der Waals surface area (Å²) in [6, 6.07) is 5.47. The van der Waals surface area contributed by atoms with E-state index in [-0.39, 0.29) is 11.8 Å². The van der Waals surface area contributed by atoms with Crippen molar-refractivity contribution in [2.45, 2.75) is 19.3 Å². The van der Waals surface area contributed by atoms with Gasteiger partial charge in [-0.3, -0.25) is 9.59 Å². The van der Waals surface area contributed by atoms with E-state index in [1.54, 1.807) is 6.07 Å². The molecule has 0 spiro atoms. The molecule has 0 bridgehead atoms. The highest BCUT2D eigenvalue weighted by Gasteiger charge is 2.25. The molecule has 5 heteroatoms. The van der Waals surface area contributed by atoms with Crippen molar-refractivity contribution in [3.63, 3.8) is 0 Å². The summed E-state index contributed by atoms with van der Waals surface area (Å²) >= 11 is 0. The van der Waals surface area contributed by atoms with E-state index in [4.69, 9.17) is 5.73 Å². The van der Waals surface area contributed by atoms with E-state index >= 15 is 0 Å². The Labute approximate surface area is 118 Å². The smallest absolute Gasteiger partial charge is 0.253 e. The van der Waals surface area contributed by atoms with Gasteiger partial charge >= 0.3 is 0 Å². The van der Waals surface area contributed by atoms with E-state index in [2.05, 4.69) is 5.32 Å². The lowest BCUT2D eigenvalue weighted by Crippen LogP contribution is -2.42.